The van der Waals surface area contributed by atoms with Crippen LogP contribution in [0.1, 0.15) is 45.8 Å². The summed E-state index contributed by atoms with van der Waals surface area (Å²) < 4.78 is 0. The molecular weight excluding hydrogens is 274 g/mol. The van der Waals surface area contributed by atoms with Crippen LogP contribution in [0.4, 0.5) is 0 Å². The Balaban J connectivity index is 2.06. The second-order valence-corrected chi connectivity index (χ2v) is 7.81. The van der Waals surface area contributed by atoms with E-state index in [0.29, 0.717) is 4.88 Å². The van der Waals surface area contributed by atoms with Crippen LogP contribution in [-0.2, 0) is 18.3 Å². The Kier molecular flexibility index (Phi) is 4.11. The lowest BCUT2D eigenvalue weighted by Crippen LogP contribution is -2.12. The molecule has 0 aliphatic heterocycles. The Morgan fingerprint density at radius 3 is 2.53 bits per heavy atom. The van der Waals surface area contributed by atoms with Gasteiger partial charge in [-0.2, -0.15) is 0 Å². The van der Waals surface area contributed by atoms with Crippen molar-refractivity contribution in [2.75, 3.05) is 0 Å². The molecule has 0 aromatic carbocycles. The Bertz CT molecular complexity index is 575. The van der Waals surface area contributed by atoms with Crippen LogP contribution in [0, 0.1) is 0 Å². The maximum atomic E-state index is 11.1. The minimum absolute atomic E-state index is 0.198. The van der Waals surface area contributed by atoms with Gasteiger partial charge in [0.15, 0.2) is 0 Å². The highest BCUT2D eigenvalue weighted by atomic mass is 32.1. The molecule has 0 aliphatic carbocycles. The van der Waals surface area contributed by atoms with E-state index in [4.69, 9.17) is 5.73 Å². The van der Waals surface area contributed by atoms with Crippen LogP contribution in [-0.4, -0.2) is 5.91 Å². The molecular formula is C15H19NOS2. The maximum Gasteiger partial charge on any atom is 0.258 e. The van der Waals surface area contributed by atoms with Gasteiger partial charge >= 0.3 is 0 Å². The predicted molar refractivity (Wildman–Crippen MR) is 83.3 cm³/mol. The maximum absolute atomic E-state index is 11.1. The van der Waals surface area contributed by atoms with Crippen molar-refractivity contribution in [3.05, 3.63) is 43.8 Å². The quantitative estimate of drug-likeness (QED) is 0.910. The molecule has 2 rings (SSSR count). The van der Waals surface area contributed by atoms with Crippen LogP contribution in [0.25, 0.3) is 0 Å². The predicted octanol–water partition coefficient (Wildman–Crippen LogP) is 3.99. The van der Waals surface area contributed by atoms with Gasteiger partial charge in [0, 0.05) is 9.75 Å². The van der Waals surface area contributed by atoms with Crippen molar-refractivity contribution in [1.29, 1.82) is 0 Å². The molecule has 0 radical (unpaired) electrons. The molecule has 1 amide bonds. The second kappa shape index (κ2) is 5.47. The number of amides is 1. The Morgan fingerprint density at radius 1 is 1.21 bits per heavy atom. The average Bonchev–Trinajstić information content (AvgIpc) is 2.94. The largest absolute Gasteiger partial charge is 0.365 e. The first-order valence-electron chi connectivity index (χ1n) is 6.33. The Hall–Kier alpha value is -1.13. The number of hydrogen-bond acceptors (Lipinski definition) is 3. The van der Waals surface area contributed by atoms with Crippen LogP contribution in [0.5, 0.6) is 0 Å². The average molecular weight is 293 g/mol. The molecule has 4 heteroatoms. The smallest absolute Gasteiger partial charge is 0.258 e. The monoisotopic (exact) mass is 293 g/mol. The zero-order valence-corrected chi connectivity index (χ0v) is 13.2. The molecule has 2 aromatic heterocycles. The van der Waals surface area contributed by atoms with Gasteiger partial charge in [-0.3, -0.25) is 4.79 Å². The standard InChI is InChI=1S/C15H19NOS2/c1-15(2,3)11-8-9-18-12(11)6-4-10-5-7-13(19-10)14(16)17/h5,7-9H,4,6H2,1-3H3,(H2,16,17). The van der Waals surface area contributed by atoms with E-state index in [0.717, 1.165) is 12.8 Å². The first-order valence-corrected chi connectivity index (χ1v) is 8.03. The molecule has 19 heavy (non-hydrogen) atoms. The van der Waals surface area contributed by atoms with Crippen molar-refractivity contribution in [1.82, 2.24) is 0 Å². The van der Waals surface area contributed by atoms with E-state index in [1.54, 1.807) is 0 Å². The van der Waals surface area contributed by atoms with Crippen LogP contribution in [0.3, 0.4) is 0 Å². The summed E-state index contributed by atoms with van der Waals surface area (Å²) in [7, 11) is 0. The van der Waals surface area contributed by atoms with Gasteiger partial charge < -0.3 is 5.73 Å². The molecule has 0 saturated heterocycles. The van der Waals surface area contributed by atoms with Gasteiger partial charge in [0.1, 0.15) is 0 Å². The molecule has 2 nitrogen and oxygen atoms in total. The minimum atomic E-state index is -0.331. The number of carbonyl (C=O) groups excluding carboxylic acids is 1. The molecule has 0 aliphatic rings. The molecule has 0 fully saturated rings. The lowest BCUT2D eigenvalue weighted by molar-refractivity contribution is 0.100. The van der Waals surface area contributed by atoms with Gasteiger partial charge in [-0.25, -0.2) is 0 Å². The van der Waals surface area contributed by atoms with Crippen LogP contribution in [0.15, 0.2) is 23.6 Å². The summed E-state index contributed by atoms with van der Waals surface area (Å²) in [5, 5.41) is 2.17. The van der Waals surface area contributed by atoms with Gasteiger partial charge in [0.05, 0.1) is 4.88 Å². The second-order valence-electron chi connectivity index (χ2n) is 5.64. The van der Waals surface area contributed by atoms with Crippen molar-refractivity contribution in [2.45, 2.75) is 39.0 Å². The third kappa shape index (κ3) is 3.45. The molecule has 0 unspecified atom stereocenters. The Morgan fingerprint density at radius 2 is 1.95 bits per heavy atom. The van der Waals surface area contributed by atoms with Gasteiger partial charge in [0.2, 0.25) is 0 Å². The highest BCUT2D eigenvalue weighted by Gasteiger charge is 2.18. The summed E-state index contributed by atoms with van der Waals surface area (Å²) in [5.74, 6) is -0.331. The normalized spacial score (nSPS) is 11.7. The lowest BCUT2D eigenvalue weighted by Gasteiger charge is -2.19. The summed E-state index contributed by atoms with van der Waals surface area (Å²) >= 11 is 3.33. The van der Waals surface area contributed by atoms with Gasteiger partial charge in [-0.05, 0) is 47.4 Å². The Labute approximate surface area is 122 Å². The summed E-state index contributed by atoms with van der Waals surface area (Å²) in [6.07, 6.45) is 2.00. The minimum Gasteiger partial charge on any atom is -0.365 e. The summed E-state index contributed by atoms with van der Waals surface area (Å²) in [5.41, 5.74) is 6.90. The summed E-state index contributed by atoms with van der Waals surface area (Å²) in [6.45, 7) is 6.73. The number of aryl methyl sites for hydroxylation is 2. The summed E-state index contributed by atoms with van der Waals surface area (Å²) in [6, 6.07) is 6.06. The fourth-order valence-electron chi connectivity index (χ4n) is 2.08. The van der Waals surface area contributed by atoms with E-state index in [-0.39, 0.29) is 11.3 Å². The van der Waals surface area contributed by atoms with Crippen molar-refractivity contribution >= 4 is 28.6 Å². The number of primary amides is 1. The van der Waals surface area contributed by atoms with E-state index in [1.165, 1.54) is 26.7 Å². The van der Waals surface area contributed by atoms with Gasteiger partial charge in [-0.1, -0.05) is 20.8 Å². The van der Waals surface area contributed by atoms with Gasteiger partial charge in [-0.15, -0.1) is 22.7 Å². The van der Waals surface area contributed by atoms with Crippen molar-refractivity contribution in [3.63, 3.8) is 0 Å². The molecule has 0 spiro atoms. The molecule has 102 valence electrons. The van der Waals surface area contributed by atoms with Gasteiger partial charge in [0.25, 0.3) is 5.91 Å². The van der Waals surface area contributed by atoms with Crippen LogP contribution in [0.2, 0.25) is 0 Å². The third-order valence-corrected chi connectivity index (χ3v) is 5.20. The van der Waals surface area contributed by atoms with E-state index in [2.05, 4.69) is 32.2 Å². The zero-order chi connectivity index (χ0) is 14.0. The first-order chi connectivity index (χ1) is 8.88. The molecule has 2 heterocycles. The molecule has 0 atom stereocenters. The number of rotatable bonds is 4. The SMILES string of the molecule is CC(C)(C)c1ccsc1CCc1ccc(C(N)=O)s1. The highest BCUT2D eigenvalue weighted by Crippen LogP contribution is 2.31. The van der Waals surface area contributed by atoms with Crippen LogP contribution < -0.4 is 5.73 Å². The third-order valence-electron chi connectivity index (χ3n) is 3.06. The molecule has 2 N–H and O–H groups in total. The van der Waals surface area contributed by atoms with Crippen molar-refractivity contribution in [2.24, 2.45) is 5.73 Å². The van der Waals surface area contributed by atoms with E-state index in [1.807, 2.05) is 23.5 Å². The van der Waals surface area contributed by atoms with Crippen molar-refractivity contribution < 1.29 is 4.79 Å². The molecule has 0 saturated carbocycles. The topological polar surface area (TPSA) is 43.1 Å². The fraction of sp³-hybridized carbons (Fsp3) is 0.400. The number of thiophene rings is 2. The number of nitrogens with two attached hydrogens (primary N) is 1. The van der Waals surface area contributed by atoms with E-state index < -0.39 is 0 Å². The highest BCUT2D eigenvalue weighted by molar-refractivity contribution is 7.14. The summed E-state index contributed by atoms with van der Waals surface area (Å²) in [4.78, 5) is 14.4. The van der Waals surface area contributed by atoms with Crippen LogP contribution >= 0.6 is 22.7 Å². The number of hydrogen-bond donors (Lipinski definition) is 1. The molecule has 2 aromatic rings. The fourth-order valence-corrected chi connectivity index (χ4v) is 4.03. The molecule has 0 bridgehead atoms. The zero-order valence-electron chi connectivity index (χ0n) is 11.5. The first kappa shape index (κ1) is 14.3. The lowest BCUT2D eigenvalue weighted by atomic mass is 9.86. The van der Waals surface area contributed by atoms with E-state index in [9.17, 15) is 4.79 Å². The van der Waals surface area contributed by atoms with E-state index >= 15 is 0 Å². The number of carbonyl (C=O) groups is 1. The van der Waals surface area contributed by atoms with Crippen molar-refractivity contribution in [3.8, 4) is 0 Å².